The lowest BCUT2D eigenvalue weighted by atomic mass is 9.86. The van der Waals surface area contributed by atoms with Gasteiger partial charge in [0, 0.05) is 37.4 Å². The molecule has 0 bridgehead atoms. The fraction of sp³-hybridized carbons (Fsp3) is 0.241. The first kappa shape index (κ1) is 41.8. The highest BCUT2D eigenvalue weighted by Gasteiger charge is 2.35. The fourth-order valence-electron chi connectivity index (χ4n) is 8.26. The van der Waals surface area contributed by atoms with Crippen molar-refractivity contribution < 1.29 is 18.9 Å². The standard InChI is InChI=1S/C54H49N6O4/c1-41(49-26-5-2-21-46(49)38-61-47-24-13-25-48(35-47)63-39-59-32-14-22-44-19-3-6-27-50(44)59)36-54(55-57-58-56-54)31-11-10-16-42-17-12-18-43(34-42)37-62-52-29-8-9-30-53(52)64-40-60-33-15-23-45-20-4-7-28-51(45)60/h2-9,12-13,17-21,24-30,34-35,41H,1,10-11,16,22-23,31,36-40H2. The summed E-state index contributed by atoms with van der Waals surface area (Å²) in [7, 11) is 0. The summed E-state index contributed by atoms with van der Waals surface area (Å²) >= 11 is 0. The Morgan fingerprint density at radius 2 is 1.19 bits per heavy atom. The Labute approximate surface area is 375 Å². The molecule has 3 aliphatic heterocycles. The number of rotatable bonds is 20. The van der Waals surface area contributed by atoms with Crippen molar-refractivity contribution in [2.24, 2.45) is 20.7 Å². The molecule has 1 radical (unpaired) electrons. The van der Waals surface area contributed by atoms with Crippen molar-refractivity contribution in [1.29, 1.82) is 0 Å². The van der Waals surface area contributed by atoms with E-state index in [1.807, 2.05) is 94.7 Å². The Bertz CT molecular complexity index is 2750. The third kappa shape index (κ3) is 10.4. The molecular weight excluding hydrogens is 797 g/mol. The summed E-state index contributed by atoms with van der Waals surface area (Å²) in [6, 6.07) is 55.2. The van der Waals surface area contributed by atoms with E-state index in [2.05, 4.69) is 112 Å². The van der Waals surface area contributed by atoms with E-state index < -0.39 is 5.66 Å². The predicted octanol–water partition coefficient (Wildman–Crippen LogP) is 11.8. The molecule has 0 N–H and O–H groups in total. The molecule has 64 heavy (non-hydrogen) atoms. The second-order valence-electron chi connectivity index (χ2n) is 16.1. The maximum atomic E-state index is 6.33. The third-order valence-electron chi connectivity index (χ3n) is 11.6. The molecular formula is C54H49N6O4. The van der Waals surface area contributed by atoms with Crippen LogP contribution in [0.2, 0.25) is 0 Å². The number of para-hydroxylation sites is 4. The first-order valence-electron chi connectivity index (χ1n) is 21.8. The predicted molar refractivity (Wildman–Crippen MR) is 249 cm³/mol. The van der Waals surface area contributed by atoms with Gasteiger partial charge in [-0.05, 0) is 119 Å². The quantitative estimate of drug-likeness (QED) is 0.0561. The van der Waals surface area contributed by atoms with Crippen LogP contribution in [0.1, 0.15) is 65.0 Å². The smallest absolute Gasteiger partial charge is 0.195 e. The van der Waals surface area contributed by atoms with Crippen LogP contribution in [0.5, 0.6) is 23.0 Å². The number of hydrogen-bond donors (Lipinski definition) is 0. The molecule has 10 nitrogen and oxygen atoms in total. The van der Waals surface area contributed by atoms with Gasteiger partial charge in [-0.1, -0.05) is 115 Å². The van der Waals surface area contributed by atoms with Crippen molar-refractivity contribution in [1.82, 2.24) is 0 Å². The van der Waals surface area contributed by atoms with E-state index >= 15 is 0 Å². The summed E-state index contributed by atoms with van der Waals surface area (Å²) in [5.74, 6) is 9.08. The number of hydrogen-bond acceptors (Lipinski definition) is 10. The molecule has 0 saturated carbocycles. The molecule has 319 valence electrons. The highest BCUT2D eigenvalue weighted by atomic mass is 16.5. The van der Waals surface area contributed by atoms with E-state index in [4.69, 9.17) is 18.9 Å². The highest BCUT2D eigenvalue weighted by molar-refractivity contribution is 5.62. The Hall–Kier alpha value is -7.56. The summed E-state index contributed by atoms with van der Waals surface area (Å²) in [5.41, 5.74) is 8.29. The van der Waals surface area contributed by atoms with Gasteiger partial charge >= 0.3 is 0 Å². The van der Waals surface area contributed by atoms with Crippen molar-refractivity contribution in [3.8, 4) is 46.9 Å². The molecule has 1 unspecified atom stereocenters. The first-order chi connectivity index (χ1) is 31.6. The largest absolute Gasteiger partial charge is 0.489 e. The minimum Gasteiger partial charge on any atom is -0.489 e. The van der Waals surface area contributed by atoms with Crippen LogP contribution in [-0.4, -0.2) is 19.1 Å². The molecule has 0 spiro atoms. The van der Waals surface area contributed by atoms with E-state index in [0.29, 0.717) is 56.1 Å². The van der Waals surface area contributed by atoms with Crippen molar-refractivity contribution in [3.05, 3.63) is 186 Å². The third-order valence-corrected chi connectivity index (χ3v) is 11.6. The minimum atomic E-state index is -0.750. The number of ether oxygens (including phenoxy) is 4. The second-order valence-corrected chi connectivity index (χ2v) is 16.1. The maximum absolute atomic E-state index is 6.33. The molecule has 0 fully saturated rings. The maximum Gasteiger partial charge on any atom is 0.195 e. The summed E-state index contributed by atoms with van der Waals surface area (Å²) in [6.07, 6.45) is 5.58. The molecule has 0 amide bonds. The van der Waals surface area contributed by atoms with Gasteiger partial charge in [0.2, 0.25) is 0 Å². The molecule has 6 aromatic carbocycles. The Morgan fingerprint density at radius 3 is 1.94 bits per heavy atom. The molecule has 3 heterocycles. The van der Waals surface area contributed by atoms with Crippen molar-refractivity contribution in [3.63, 3.8) is 0 Å². The monoisotopic (exact) mass is 845 g/mol. The summed E-state index contributed by atoms with van der Waals surface area (Å²) in [4.78, 5) is 3.88. The summed E-state index contributed by atoms with van der Waals surface area (Å²) < 4.78 is 25.0. The van der Waals surface area contributed by atoms with Crippen LogP contribution in [0.4, 0.5) is 11.4 Å². The number of anilines is 2. The van der Waals surface area contributed by atoms with Gasteiger partial charge in [0.15, 0.2) is 30.6 Å². The zero-order valence-corrected chi connectivity index (χ0v) is 35.7. The average Bonchev–Trinajstić information content (AvgIpc) is 3.81. The zero-order valence-electron chi connectivity index (χ0n) is 35.7. The van der Waals surface area contributed by atoms with Gasteiger partial charge < -0.3 is 18.9 Å². The molecule has 3 aliphatic rings. The lowest BCUT2D eigenvalue weighted by molar-refractivity contribution is 0.265. The molecule has 0 aromatic heterocycles. The van der Waals surface area contributed by atoms with Gasteiger partial charge in [0.05, 0.1) is 11.4 Å². The zero-order chi connectivity index (χ0) is 43.4. The van der Waals surface area contributed by atoms with E-state index in [-0.39, 0.29) is 5.92 Å². The normalized spacial score (nSPS) is 14.3. The van der Waals surface area contributed by atoms with Crippen LogP contribution in [0.3, 0.4) is 0 Å². The topological polar surface area (TPSA) is 92.8 Å². The van der Waals surface area contributed by atoms with Gasteiger partial charge in [-0.15, -0.1) is 10.2 Å². The minimum absolute atomic E-state index is 0.110. The van der Waals surface area contributed by atoms with Gasteiger partial charge in [-0.3, -0.25) is 9.80 Å². The van der Waals surface area contributed by atoms with Crippen LogP contribution >= 0.6 is 0 Å². The summed E-state index contributed by atoms with van der Waals surface area (Å²) in [5, 5.41) is 17.0. The molecule has 6 aromatic rings. The number of nitrogens with zero attached hydrogens (tertiary/aromatic N) is 6. The first-order valence-corrected chi connectivity index (χ1v) is 21.8. The molecule has 0 aliphatic carbocycles. The van der Waals surface area contributed by atoms with Crippen molar-refractivity contribution in [2.75, 3.05) is 23.3 Å². The Kier molecular flexibility index (Phi) is 13.1. The van der Waals surface area contributed by atoms with E-state index in [1.54, 1.807) is 0 Å². The molecule has 1 atom stereocenters. The van der Waals surface area contributed by atoms with E-state index in [1.165, 1.54) is 16.7 Å². The molecule has 0 saturated heterocycles. The van der Waals surface area contributed by atoms with Crippen LogP contribution < -0.4 is 28.7 Å². The van der Waals surface area contributed by atoms with Crippen LogP contribution in [-0.2, 0) is 32.5 Å². The molecule has 10 heteroatoms. The highest BCUT2D eigenvalue weighted by Crippen LogP contribution is 2.38. The van der Waals surface area contributed by atoms with E-state index in [0.717, 1.165) is 66.6 Å². The molecule has 9 rings (SSSR count). The SMILES string of the molecule is [CH2]C(CC1(CCCCc2cccc(COc3ccccc3OCN3C#CCc4ccccc43)c2)N=NN=N1)c1ccccc1COc1cccc(OCN2C#CCc3ccccc32)c1. The van der Waals surface area contributed by atoms with E-state index in [9.17, 15) is 0 Å². The fourth-order valence-corrected chi connectivity index (χ4v) is 8.26. The number of aryl methyl sites for hydroxylation is 1. The van der Waals surface area contributed by atoms with Gasteiger partial charge in [0.25, 0.3) is 0 Å². The Balaban J connectivity index is 0.749. The Morgan fingerprint density at radius 1 is 0.578 bits per heavy atom. The van der Waals surface area contributed by atoms with Gasteiger partial charge in [-0.25, -0.2) is 0 Å². The average molecular weight is 846 g/mol. The van der Waals surface area contributed by atoms with Gasteiger partial charge in [0.1, 0.15) is 24.7 Å². The number of fused-ring (bicyclic) bond motifs is 2. The van der Waals surface area contributed by atoms with Crippen LogP contribution in [0.15, 0.2) is 166 Å². The van der Waals surface area contributed by atoms with Crippen molar-refractivity contribution >= 4 is 11.4 Å². The summed E-state index contributed by atoms with van der Waals surface area (Å²) in [6.45, 7) is 6.00. The number of benzene rings is 6. The lowest BCUT2D eigenvalue weighted by Crippen LogP contribution is -2.25. The van der Waals surface area contributed by atoms with Crippen LogP contribution in [0, 0.1) is 30.9 Å². The number of unbranched alkanes of at least 4 members (excludes halogenated alkanes) is 1. The van der Waals surface area contributed by atoms with Gasteiger partial charge in [-0.2, -0.15) is 0 Å². The second kappa shape index (κ2) is 20.1. The van der Waals surface area contributed by atoms with Crippen LogP contribution in [0.25, 0.3) is 0 Å². The lowest BCUT2D eigenvalue weighted by Gasteiger charge is -2.25. The van der Waals surface area contributed by atoms with Crippen molar-refractivity contribution in [2.45, 2.75) is 69.7 Å².